The summed E-state index contributed by atoms with van der Waals surface area (Å²) in [7, 11) is 3.85. The third-order valence-electron chi connectivity index (χ3n) is 4.33. The molecule has 1 aromatic rings. The Bertz CT molecular complexity index is 390. The first-order valence-electron chi connectivity index (χ1n) is 7.77. The zero-order valence-corrected chi connectivity index (χ0v) is 13.1. The molecule has 2 atom stereocenters. The van der Waals surface area contributed by atoms with Gasteiger partial charge in [-0.15, -0.1) is 0 Å². The molecule has 1 saturated carbocycles. The van der Waals surface area contributed by atoms with E-state index in [1.54, 1.807) is 7.11 Å². The number of rotatable bonds is 6. The lowest BCUT2D eigenvalue weighted by molar-refractivity contribution is 0.303. The molecule has 1 fully saturated rings. The van der Waals surface area contributed by atoms with E-state index < -0.39 is 0 Å². The quantitative estimate of drug-likeness (QED) is 0.863. The third-order valence-corrected chi connectivity index (χ3v) is 4.33. The van der Waals surface area contributed by atoms with E-state index >= 15 is 0 Å². The van der Waals surface area contributed by atoms with Gasteiger partial charge in [0.1, 0.15) is 5.75 Å². The Morgan fingerprint density at radius 1 is 1.25 bits per heavy atom. The van der Waals surface area contributed by atoms with E-state index in [2.05, 4.69) is 36.3 Å². The second kappa shape index (κ2) is 7.53. The number of anilines is 1. The van der Waals surface area contributed by atoms with Crippen LogP contribution >= 0.6 is 0 Å². The van der Waals surface area contributed by atoms with Gasteiger partial charge in [-0.1, -0.05) is 19.8 Å². The van der Waals surface area contributed by atoms with Crippen molar-refractivity contribution in [2.45, 2.75) is 38.6 Å². The molecular formula is C17H28N2O. The SMILES string of the molecule is COc1ccc(N(C)CCNC2CCCC(C)C2)cc1. The summed E-state index contributed by atoms with van der Waals surface area (Å²) in [4.78, 5) is 2.29. The highest BCUT2D eigenvalue weighted by Gasteiger charge is 2.17. The average molecular weight is 276 g/mol. The molecule has 0 aromatic heterocycles. The van der Waals surface area contributed by atoms with Crippen molar-refractivity contribution in [3.05, 3.63) is 24.3 Å². The van der Waals surface area contributed by atoms with Gasteiger partial charge in [-0.25, -0.2) is 0 Å². The maximum absolute atomic E-state index is 5.19. The summed E-state index contributed by atoms with van der Waals surface area (Å²) in [6, 6.07) is 8.98. The molecule has 1 aromatic carbocycles. The maximum Gasteiger partial charge on any atom is 0.119 e. The molecular weight excluding hydrogens is 248 g/mol. The maximum atomic E-state index is 5.19. The predicted octanol–water partition coefficient (Wildman–Crippen LogP) is 3.30. The van der Waals surface area contributed by atoms with E-state index in [-0.39, 0.29) is 0 Å². The van der Waals surface area contributed by atoms with Gasteiger partial charge in [-0.05, 0) is 43.0 Å². The highest BCUT2D eigenvalue weighted by atomic mass is 16.5. The molecule has 2 rings (SSSR count). The minimum Gasteiger partial charge on any atom is -0.497 e. The van der Waals surface area contributed by atoms with Gasteiger partial charge < -0.3 is 15.0 Å². The molecule has 1 aliphatic carbocycles. The van der Waals surface area contributed by atoms with Crippen LogP contribution in [0.15, 0.2) is 24.3 Å². The van der Waals surface area contributed by atoms with Crippen molar-refractivity contribution in [1.29, 1.82) is 0 Å². The summed E-state index contributed by atoms with van der Waals surface area (Å²) < 4.78 is 5.19. The second-order valence-corrected chi connectivity index (χ2v) is 6.04. The Labute approximate surface area is 123 Å². The van der Waals surface area contributed by atoms with Crippen LogP contribution in [0, 0.1) is 5.92 Å². The van der Waals surface area contributed by atoms with E-state index in [1.165, 1.54) is 31.4 Å². The molecule has 0 bridgehead atoms. The second-order valence-electron chi connectivity index (χ2n) is 6.04. The summed E-state index contributed by atoms with van der Waals surface area (Å²) >= 11 is 0. The summed E-state index contributed by atoms with van der Waals surface area (Å²) in [5.74, 6) is 1.80. The standard InChI is InChI=1S/C17H28N2O/c1-14-5-4-6-15(13-14)18-11-12-19(2)16-7-9-17(20-3)10-8-16/h7-10,14-15,18H,4-6,11-13H2,1-3H3. The van der Waals surface area contributed by atoms with Crippen LogP contribution in [-0.4, -0.2) is 33.3 Å². The normalized spacial score (nSPS) is 22.6. The zero-order valence-electron chi connectivity index (χ0n) is 13.1. The molecule has 0 radical (unpaired) electrons. The minimum absolute atomic E-state index is 0.725. The van der Waals surface area contributed by atoms with Gasteiger partial charge >= 0.3 is 0 Å². The summed E-state index contributed by atoms with van der Waals surface area (Å²) in [6.07, 6.45) is 5.47. The van der Waals surface area contributed by atoms with Crippen LogP contribution < -0.4 is 15.0 Å². The van der Waals surface area contributed by atoms with Crippen LogP contribution in [-0.2, 0) is 0 Å². The fourth-order valence-electron chi connectivity index (χ4n) is 3.02. The zero-order chi connectivity index (χ0) is 14.4. The van der Waals surface area contributed by atoms with Crippen LogP contribution in [0.3, 0.4) is 0 Å². The summed E-state index contributed by atoms with van der Waals surface area (Å²) in [5.41, 5.74) is 1.24. The fourth-order valence-corrected chi connectivity index (χ4v) is 3.02. The molecule has 0 spiro atoms. The van der Waals surface area contributed by atoms with Crippen LogP contribution in [0.4, 0.5) is 5.69 Å². The molecule has 1 N–H and O–H groups in total. The minimum atomic E-state index is 0.725. The molecule has 20 heavy (non-hydrogen) atoms. The summed E-state index contributed by atoms with van der Waals surface area (Å²) in [5, 5.41) is 3.71. The Balaban J connectivity index is 1.72. The van der Waals surface area contributed by atoms with Crippen molar-refractivity contribution in [3.8, 4) is 5.75 Å². The van der Waals surface area contributed by atoms with Gasteiger partial charge in [0.2, 0.25) is 0 Å². The van der Waals surface area contributed by atoms with Crippen LogP contribution in [0.25, 0.3) is 0 Å². The lowest BCUT2D eigenvalue weighted by Crippen LogP contribution is -2.38. The average Bonchev–Trinajstić information content (AvgIpc) is 2.47. The number of nitrogens with one attached hydrogen (secondary N) is 1. The molecule has 0 saturated heterocycles. The number of methoxy groups -OCH3 is 1. The Morgan fingerprint density at radius 2 is 2.00 bits per heavy atom. The van der Waals surface area contributed by atoms with Crippen LogP contribution in [0.1, 0.15) is 32.6 Å². The number of ether oxygens (including phenoxy) is 1. The van der Waals surface area contributed by atoms with Crippen LogP contribution in [0.2, 0.25) is 0 Å². The van der Waals surface area contributed by atoms with Crippen molar-refractivity contribution in [3.63, 3.8) is 0 Å². The first-order valence-corrected chi connectivity index (χ1v) is 7.77. The first kappa shape index (κ1) is 15.2. The van der Waals surface area contributed by atoms with Crippen molar-refractivity contribution in [1.82, 2.24) is 5.32 Å². The van der Waals surface area contributed by atoms with Gasteiger partial charge in [-0.3, -0.25) is 0 Å². The third kappa shape index (κ3) is 4.41. The molecule has 0 aliphatic heterocycles. The van der Waals surface area contributed by atoms with Crippen molar-refractivity contribution in [2.75, 3.05) is 32.1 Å². The lowest BCUT2D eigenvalue weighted by atomic mass is 9.87. The van der Waals surface area contributed by atoms with Gasteiger partial charge in [-0.2, -0.15) is 0 Å². The predicted molar refractivity (Wildman–Crippen MR) is 85.7 cm³/mol. The number of hydrogen-bond donors (Lipinski definition) is 1. The highest BCUT2D eigenvalue weighted by Crippen LogP contribution is 2.23. The van der Waals surface area contributed by atoms with Crippen molar-refractivity contribution in [2.24, 2.45) is 5.92 Å². The lowest BCUT2D eigenvalue weighted by Gasteiger charge is -2.28. The number of nitrogens with zero attached hydrogens (tertiary/aromatic N) is 1. The smallest absolute Gasteiger partial charge is 0.119 e. The molecule has 2 unspecified atom stereocenters. The molecule has 0 amide bonds. The van der Waals surface area contributed by atoms with Gasteiger partial charge in [0.05, 0.1) is 7.11 Å². The number of likely N-dealkylation sites (N-methyl/N-ethyl adjacent to an activating group) is 1. The van der Waals surface area contributed by atoms with E-state index in [0.29, 0.717) is 0 Å². The van der Waals surface area contributed by atoms with Gasteiger partial charge in [0, 0.05) is 31.9 Å². The molecule has 0 heterocycles. The van der Waals surface area contributed by atoms with E-state index in [9.17, 15) is 0 Å². The highest BCUT2D eigenvalue weighted by molar-refractivity contribution is 5.48. The molecule has 3 nitrogen and oxygen atoms in total. The largest absolute Gasteiger partial charge is 0.497 e. The Kier molecular flexibility index (Phi) is 5.72. The first-order chi connectivity index (χ1) is 9.69. The molecule has 112 valence electrons. The van der Waals surface area contributed by atoms with E-state index in [1.807, 2.05) is 12.1 Å². The molecule has 3 heteroatoms. The van der Waals surface area contributed by atoms with E-state index in [0.717, 1.165) is 30.8 Å². The van der Waals surface area contributed by atoms with Crippen LogP contribution in [0.5, 0.6) is 5.75 Å². The monoisotopic (exact) mass is 276 g/mol. The van der Waals surface area contributed by atoms with Gasteiger partial charge in [0.25, 0.3) is 0 Å². The number of benzene rings is 1. The topological polar surface area (TPSA) is 24.5 Å². The Hall–Kier alpha value is -1.22. The number of hydrogen-bond acceptors (Lipinski definition) is 3. The van der Waals surface area contributed by atoms with Crippen molar-refractivity contribution >= 4 is 5.69 Å². The fraction of sp³-hybridized carbons (Fsp3) is 0.647. The molecule has 1 aliphatic rings. The van der Waals surface area contributed by atoms with Crippen molar-refractivity contribution < 1.29 is 4.74 Å². The Morgan fingerprint density at radius 3 is 2.65 bits per heavy atom. The van der Waals surface area contributed by atoms with Gasteiger partial charge in [0.15, 0.2) is 0 Å². The van der Waals surface area contributed by atoms with E-state index in [4.69, 9.17) is 4.74 Å². The summed E-state index contributed by atoms with van der Waals surface area (Å²) in [6.45, 7) is 4.47.